The second-order valence-electron chi connectivity index (χ2n) is 7.17. The topological polar surface area (TPSA) is 53.4 Å². The van der Waals surface area contributed by atoms with Gasteiger partial charge in [0, 0.05) is 22.7 Å². The van der Waals surface area contributed by atoms with Crippen LogP contribution in [0.1, 0.15) is 18.6 Å². The largest absolute Gasteiger partial charge is 0.473 e. The molecular formula is C26H23ClN2O3. The number of halogens is 1. The summed E-state index contributed by atoms with van der Waals surface area (Å²) in [5, 5.41) is 5.33. The number of carbonyl (C=O) groups excluding carboxylic acids is 1. The molecule has 0 aliphatic rings. The van der Waals surface area contributed by atoms with Gasteiger partial charge in [-0.15, -0.1) is 0 Å². The zero-order chi connectivity index (χ0) is 22.5. The lowest BCUT2D eigenvalue weighted by Gasteiger charge is -2.19. The highest BCUT2D eigenvalue weighted by Gasteiger charge is 2.25. The molecule has 4 rings (SSSR count). The number of nitrogens with zero attached hydrogens (tertiary/aromatic N) is 2. The molecule has 1 unspecified atom stereocenters. The lowest BCUT2D eigenvalue weighted by atomic mass is 10.1. The molecule has 6 heteroatoms. The predicted molar refractivity (Wildman–Crippen MR) is 126 cm³/mol. The first-order valence-corrected chi connectivity index (χ1v) is 10.7. The minimum Gasteiger partial charge on any atom is -0.473 e. The first kappa shape index (κ1) is 21.7. The van der Waals surface area contributed by atoms with Gasteiger partial charge in [0.05, 0.1) is 18.5 Å². The molecular weight excluding hydrogens is 424 g/mol. The standard InChI is InChI=1S/C26H23ClN2O3/c1-3-29-23(18-10-6-4-7-11-18)17-22(28-29)21-16-20(27)14-15-24(21)32-25(26(30)31-2)19-12-8-5-9-13-19/h4-17,25H,3H2,1-2H3. The van der Waals surface area contributed by atoms with Crippen molar-refractivity contribution in [2.45, 2.75) is 19.6 Å². The molecule has 0 fully saturated rings. The van der Waals surface area contributed by atoms with E-state index < -0.39 is 12.1 Å². The van der Waals surface area contributed by atoms with E-state index in [1.54, 1.807) is 18.2 Å². The van der Waals surface area contributed by atoms with Crippen LogP contribution in [0.5, 0.6) is 5.75 Å². The second kappa shape index (κ2) is 9.71. The summed E-state index contributed by atoms with van der Waals surface area (Å²) in [5.74, 6) is 0.00943. The first-order chi connectivity index (χ1) is 15.6. The van der Waals surface area contributed by atoms with Crippen LogP contribution < -0.4 is 4.74 Å². The summed E-state index contributed by atoms with van der Waals surface area (Å²) in [4.78, 5) is 12.5. The van der Waals surface area contributed by atoms with E-state index in [0.29, 0.717) is 34.1 Å². The summed E-state index contributed by atoms with van der Waals surface area (Å²) in [6.07, 6.45) is -0.914. The van der Waals surface area contributed by atoms with E-state index in [9.17, 15) is 4.79 Å². The van der Waals surface area contributed by atoms with Crippen LogP contribution in [0.25, 0.3) is 22.5 Å². The van der Waals surface area contributed by atoms with Crippen molar-refractivity contribution in [3.05, 3.63) is 95.5 Å². The lowest BCUT2D eigenvalue weighted by Crippen LogP contribution is -2.20. The molecule has 4 aromatic rings. The summed E-state index contributed by atoms with van der Waals surface area (Å²) < 4.78 is 13.1. The number of methoxy groups -OCH3 is 1. The number of aryl methyl sites for hydroxylation is 1. The van der Waals surface area contributed by atoms with E-state index in [1.165, 1.54) is 7.11 Å². The molecule has 0 saturated heterocycles. The normalized spacial score (nSPS) is 11.7. The summed E-state index contributed by atoms with van der Waals surface area (Å²) in [7, 11) is 1.35. The quantitative estimate of drug-likeness (QED) is 0.318. The van der Waals surface area contributed by atoms with Crippen molar-refractivity contribution in [2.75, 3.05) is 7.11 Å². The van der Waals surface area contributed by atoms with Crippen LogP contribution in [0, 0.1) is 0 Å². The minimum atomic E-state index is -0.914. The first-order valence-electron chi connectivity index (χ1n) is 10.3. The van der Waals surface area contributed by atoms with Gasteiger partial charge in [0.15, 0.2) is 0 Å². The fourth-order valence-electron chi connectivity index (χ4n) is 3.55. The Morgan fingerprint density at radius 2 is 1.69 bits per heavy atom. The van der Waals surface area contributed by atoms with E-state index in [1.807, 2.05) is 78.3 Å². The average Bonchev–Trinajstić information content (AvgIpc) is 3.28. The van der Waals surface area contributed by atoms with Crippen LogP contribution in [0.4, 0.5) is 0 Å². The molecule has 162 valence electrons. The Kier molecular flexibility index (Phi) is 6.57. The number of carbonyl (C=O) groups is 1. The number of benzene rings is 3. The molecule has 3 aromatic carbocycles. The van der Waals surface area contributed by atoms with Crippen LogP contribution >= 0.6 is 11.6 Å². The highest BCUT2D eigenvalue weighted by molar-refractivity contribution is 6.31. The molecule has 0 spiro atoms. The van der Waals surface area contributed by atoms with Crippen molar-refractivity contribution in [2.24, 2.45) is 0 Å². The van der Waals surface area contributed by atoms with Crippen molar-refractivity contribution in [1.82, 2.24) is 9.78 Å². The number of esters is 1. The zero-order valence-electron chi connectivity index (χ0n) is 17.9. The van der Waals surface area contributed by atoms with Gasteiger partial charge in [0.1, 0.15) is 5.75 Å². The van der Waals surface area contributed by atoms with Crippen LogP contribution in [0.2, 0.25) is 5.02 Å². The van der Waals surface area contributed by atoms with E-state index >= 15 is 0 Å². The van der Waals surface area contributed by atoms with Crippen LogP contribution in [0.15, 0.2) is 84.9 Å². The molecule has 0 radical (unpaired) electrons. The molecule has 1 aromatic heterocycles. The Balaban J connectivity index is 1.78. The maximum atomic E-state index is 12.5. The number of rotatable bonds is 7. The second-order valence-corrected chi connectivity index (χ2v) is 7.61. The monoisotopic (exact) mass is 446 g/mol. The molecule has 32 heavy (non-hydrogen) atoms. The van der Waals surface area contributed by atoms with Gasteiger partial charge in [0.25, 0.3) is 0 Å². The molecule has 0 aliphatic carbocycles. The number of hydrogen-bond donors (Lipinski definition) is 0. The maximum Gasteiger partial charge on any atom is 0.351 e. The van der Waals surface area contributed by atoms with E-state index in [0.717, 1.165) is 11.3 Å². The fraction of sp³-hybridized carbons (Fsp3) is 0.154. The third-order valence-corrected chi connectivity index (χ3v) is 5.36. The van der Waals surface area contributed by atoms with Gasteiger partial charge in [-0.1, -0.05) is 72.3 Å². The van der Waals surface area contributed by atoms with E-state index in [4.69, 9.17) is 26.2 Å². The molecule has 0 amide bonds. The summed E-state index contributed by atoms with van der Waals surface area (Å²) in [6, 6.07) is 26.6. The Hall–Kier alpha value is -3.57. The van der Waals surface area contributed by atoms with Gasteiger partial charge in [0.2, 0.25) is 6.10 Å². The maximum absolute atomic E-state index is 12.5. The van der Waals surface area contributed by atoms with Gasteiger partial charge >= 0.3 is 5.97 Å². The Morgan fingerprint density at radius 1 is 1.00 bits per heavy atom. The SMILES string of the molecule is CCn1nc(-c2cc(Cl)ccc2OC(C(=O)OC)c2ccccc2)cc1-c1ccccc1. The van der Waals surface area contributed by atoms with E-state index in [-0.39, 0.29) is 0 Å². The van der Waals surface area contributed by atoms with Crippen molar-refractivity contribution in [3.63, 3.8) is 0 Å². The smallest absolute Gasteiger partial charge is 0.351 e. The van der Waals surface area contributed by atoms with E-state index in [2.05, 4.69) is 0 Å². The van der Waals surface area contributed by atoms with Gasteiger partial charge < -0.3 is 9.47 Å². The molecule has 0 saturated carbocycles. The van der Waals surface area contributed by atoms with Crippen LogP contribution in [-0.4, -0.2) is 22.9 Å². The third-order valence-electron chi connectivity index (χ3n) is 5.13. The van der Waals surface area contributed by atoms with Crippen molar-refractivity contribution in [1.29, 1.82) is 0 Å². The van der Waals surface area contributed by atoms with Gasteiger partial charge in [-0.2, -0.15) is 5.10 Å². The van der Waals surface area contributed by atoms with Crippen LogP contribution in [0.3, 0.4) is 0 Å². The molecule has 1 heterocycles. The lowest BCUT2D eigenvalue weighted by molar-refractivity contribution is -0.149. The fourth-order valence-corrected chi connectivity index (χ4v) is 3.72. The Labute approximate surface area is 192 Å². The number of ether oxygens (including phenoxy) is 2. The average molecular weight is 447 g/mol. The summed E-state index contributed by atoms with van der Waals surface area (Å²) >= 11 is 6.33. The zero-order valence-corrected chi connectivity index (χ0v) is 18.6. The minimum absolute atomic E-state index is 0.485. The summed E-state index contributed by atoms with van der Waals surface area (Å²) in [6.45, 7) is 2.75. The van der Waals surface area contributed by atoms with Crippen LogP contribution in [-0.2, 0) is 16.1 Å². The third kappa shape index (κ3) is 4.53. The molecule has 1 atom stereocenters. The highest BCUT2D eigenvalue weighted by Crippen LogP contribution is 2.37. The molecule has 0 aliphatic heterocycles. The van der Waals surface area contributed by atoms with Gasteiger partial charge in [-0.05, 0) is 36.8 Å². The Bertz CT molecular complexity index is 1210. The molecule has 0 N–H and O–H groups in total. The Morgan fingerprint density at radius 3 is 2.34 bits per heavy atom. The summed E-state index contributed by atoms with van der Waals surface area (Å²) in [5.41, 5.74) is 4.16. The van der Waals surface area contributed by atoms with Crippen molar-refractivity contribution in [3.8, 4) is 28.3 Å². The van der Waals surface area contributed by atoms with Crippen molar-refractivity contribution >= 4 is 17.6 Å². The van der Waals surface area contributed by atoms with Gasteiger partial charge in [-0.25, -0.2) is 4.79 Å². The highest BCUT2D eigenvalue weighted by atomic mass is 35.5. The number of aromatic nitrogens is 2. The number of hydrogen-bond acceptors (Lipinski definition) is 4. The predicted octanol–water partition coefficient (Wildman–Crippen LogP) is 6.18. The molecule has 5 nitrogen and oxygen atoms in total. The van der Waals surface area contributed by atoms with Crippen molar-refractivity contribution < 1.29 is 14.3 Å². The molecule has 0 bridgehead atoms. The van der Waals surface area contributed by atoms with Gasteiger partial charge in [-0.3, -0.25) is 4.68 Å².